The van der Waals surface area contributed by atoms with Gasteiger partial charge in [0.1, 0.15) is 0 Å². The van der Waals surface area contributed by atoms with E-state index in [1.54, 1.807) is 0 Å². The van der Waals surface area contributed by atoms with Crippen molar-refractivity contribution in [1.82, 2.24) is 5.32 Å². The third-order valence-electron chi connectivity index (χ3n) is 3.91. The Labute approximate surface area is 137 Å². The lowest BCUT2D eigenvalue weighted by Gasteiger charge is -2.20. The molecule has 1 aliphatic heterocycles. The number of benzene rings is 2. The van der Waals surface area contributed by atoms with Gasteiger partial charge in [-0.05, 0) is 43.0 Å². The summed E-state index contributed by atoms with van der Waals surface area (Å²) in [4.78, 5) is 12.4. The monoisotopic (exact) mass is 316 g/mol. The van der Waals surface area contributed by atoms with E-state index in [9.17, 15) is 4.79 Å². The van der Waals surface area contributed by atoms with Crippen LogP contribution in [0.3, 0.4) is 0 Å². The van der Waals surface area contributed by atoms with E-state index in [-0.39, 0.29) is 18.3 Å². The fraction of sp³-hybridized carbons (Fsp3) is 0.278. The number of carbonyl (C=O) groups excluding carboxylic acids is 1. The van der Waals surface area contributed by atoms with Gasteiger partial charge in [-0.25, -0.2) is 0 Å². The van der Waals surface area contributed by atoms with Gasteiger partial charge < -0.3 is 10.6 Å². The average Bonchev–Trinajstić information content (AvgIpc) is 2.53. The minimum atomic E-state index is 0. The largest absolute Gasteiger partial charge is 0.385 e. The van der Waals surface area contributed by atoms with Crippen LogP contribution in [0.5, 0.6) is 0 Å². The molecule has 0 bridgehead atoms. The standard InChI is InChI=1S/C18H20N2O.ClH/c1-13-7-9-14(10-8-13)12-20-18(21)16-4-2-6-17-15(16)5-3-11-19-17;/h2,4,6-10,19H,3,5,11-12H2,1H3,(H,20,21);1H. The predicted octanol–water partition coefficient (Wildman–Crippen LogP) is 3.70. The van der Waals surface area contributed by atoms with Crippen LogP contribution in [-0.2, 0) is 13.0 Å². The summed E-state index contributed by atoms with van der Waals surface area (Å²) in [5.74, 6) is 0.0103. The molecule has 116 valence electrons. The summed E-state index contributed by atoms with van der Waals surface area (Å²) in [5, 5.41) is 6.38. The number of aryl methyl sites for hydroxylation is 1. The van der Waals surface area contributed by atoms with Gasteiger partial charge in [-0.15, -0.1) is 12.4 Å². The number of rotatable bonds is 3. The second-order valence-electron chi connectivity index (χ2n) is 5.53. The van der Waals surface area contributed by atoms with Crippen molar-refractivity contribution in [1.29, 1.82) is 0 Å². The first-order chi connectivity index (χ1) is 10.2. The van der Waals surface area contributed by atoms with Gasteiger partial charge in [-0.2, -0.15) is 0 Å². The number of amides is 1. The number of fused-ring (bicyclic) bond motifs is 1. The zero-order valence-corrected chi connectivity index (χ0v) is 13.5. The maximum absolute atomic E-state index is 12.4. The van der Waals surface area contributed by atoms with E-state index < -0.39 is 0 Å². The van der Waals surface area contributed by atoms with Crippen LogP contribution in [0.15, 0.2) is 42.5 Å². The maximum Gasteiger partial charge on any atom is 0.251 e. The topological polar surface area (TPSA) is 41.1 Å². The summed E-state index contributed by atoms with van der Waals surface area (Å²) < 4.78 is 0. The highest BCUT2D eigenvalue weighted by Crippen LogP contribution is 2.25. The molecule has 1 heterocycles. The van der Waals surface area contributed by atoms with E-state index in [0.717, 1.165) is 41.8 Å². The number of hydrogen-bond acceptors (Lipinski definition) is 2. The van der Waals surface area contributed by atoms with Crippen LogP contribution in [-0.4, -0.2) is 12.5 Å². The van der Waals surface area contributed by atoms with Crippen molar-refractivity contribution in [3.05, 3.63) is 64.7 Å². The van der Waals surface area contributed by atoms with Crippen molar-refractivity contribution in [3.63, 3.8) is 0 Å². The number of hydrogen-bond donors (Lipinski definition) is 2. The van der Waals surface area contributed by atoms with Gasteiger partial charge in [0.15, 0.2) is 0 Å². The summed E-state index contributed by atoms with van der Waals surface area (Å²) in [6.07, 6.45) is 2.05. The van der Waals surface area contributed by atoms with Crippen LogP contribution in [0.25, 0.3) is 0 Å². The molecule has 0 saturated carbocycles. The maximum atomic E-state index is 12.4. The van der Waals surface area contributed by atoms with Crippen molar-refractivity contribution in [2.75, 3.05) is 11.9 Å². The molecule has 0 atom stereocenters. The highest BCUT2D eigenvalue weighted by molar-refractivity contribution is 5.97. The zero-order valence-electron chi connectivity index (χ0n) is 12.7. The molecule has 0 saturated heterocycles. The average molecular weight is 317 g/mol. The molecule has 0 unspecified atom stereocenters. The fourth-order valence-electron chi connectivity index (χ4n) is 2.71. The molecule has 22 heavy (non-hydrogen) atoms. The molecule has 1 amide bonds. The van der Waals surface area contributed by atoms with Gasteiger partial charge in [-0.1, -0.05) is 35.9 Å². The van der Waals surface area contributed by atoms with Crippen molar-refractivity contribution in [3.8, 4) is 0 Å². The van der Waals surface area contributed by atoms with Crippen molar-refractivity contribution in [2.24, 2.45) is 0 Å². The minimum Gasteiger partial charge on any atom is -0.385 e. The minimum absolute atomic E-state index is 0. The highest BCUT2D eigenvalue weighted by atomic mass is 35.5. The lowest BCUT2D eigenvalue weighted by atomic mass is 9.97. The summed E-state index contributed by atoms with van der Waals surface area (Å²) in [6, 6.07) is 14.1. The number of anilines is 1. The first-order valence-electron chi connectivity index (χ1n) is 7.43. The van der Waals surface area contributed by atoms with Crippen LogP contribution in [0.1, 0.15) is 33.5 Å². The Morgan fingerprint density at radius 1 is 1.18 bits per heavy atom. The van der Waals surface area contributed by atoms with Crippen LogP contribution in [0, 0.1) is 6.92 Å². The molecule has 0 aromatic heterocycles. The van der Waals surface area contributed by atoms with E-state index in [2.05, 4.69) is 41.8 Å². The molecule has 1 aliphatic rings. The first-order valence-corrected chi connectivity index (χ1v) is 7.43. The Bertz CT molecular complexity index is 653. The third kappa shape index (κ3) is 3.60. The highest BCUT2D eigenvalue weighted by Gasteiger charge is 2.16. The second-order valence-corrected chi connectivity index (χ2v) is 5.53. The molecule has 0 spiro atoms. The summed E-state index contributed by atoms with van der Waals surface area (Å²) in [6.45, 7) is 3.61. The SMILES string of the molecule is Cc1ccc(CNC(=O)c2cccc3c2CCCN3)cc1.Cl. The van der Waals surface area contributed by atoms with Crippen molar-refractivity contribution >= 4 is 24.0 Å². The Balaban J connectivity index is 0.00000176. The van der Waals surface area contributed by atoms with Gasteiger partial charge >= 0.3 is 0 Å². The molecule has 0 fully saturated rings. The first kappa shape index (κ1) is 16.4. The number of carbonyl (C=O) groups is 1. The Morgan fingerprint density at radius 3 is 2.73 bits per heavy atom. The van der Waals surface area contributed by atoms with E-state index in [4.69, 9.17) is 0 Å². The lowest BCUT2D eigenvalue weighted by molar-refractivity contribution is 0.0950. The molecule has 0 aliphatic carbocycles. The van der Waals surface area contributed by atoms with Crippen LogP contribution in [0.2, 0.25) is 0 Å². The van der Waals surface area contributed by atoms with Crippen LogP contribution in [0.4, 0.5) is 5.69 Å². The molecule has 0 radical (unpaired) electrons. The Hall–Kier alpha value is -2.00. The van der Waals surface area contributed by atoms with E-state index in [1.165, 1.54) is 5.56 Å². The summed E-state index contributed by atoms with van der Waals surface area (Å²) in [7, 11) is 0. The summed E-state index contributed by atoms with van der Waals surface area (Å²) >= 11 is 0. The van der Waals surface area contributed by atoms with Gasteiger partial charge in [0, 0.05) is 24.3 Å². The molecule has 2 N–H and O–H groups in total. The Kier molecular flexibility index (Phi) is 5.45. The van der Waals surface area contributed by atoms with Gasteiger partial charge in [0.05, 0.1) is 0 Å². The predicted molar refractivity (Wildman–Crippen MR) is 92.8 cm³/mol. The van der Waals surface area contributed by atoms with Crippen molar-refractivity contribution in [2.45, 2.75) is 26.3 Å². The second kappa shape index (κ2) is 7.32. The molecular formula is C18H21ClN2O. The van der Waals surface area contributed by atoms with E-state index in [1.807, 2.05) is 18.2 Å². The smallest absolute Gasteiger partial charge is 0.251 e. The number of halogens is 1. The molecule has 3 rings (SSSR count). The summed E-state index contributed by atoms with van der Waals surface area (Å²) in [5.41, 5.74) is 5.39. The van der Waals surface area contributed by atoms with Crippen LogP contribution < -0.4 is 10.6 Å². The van der Waals surface area contributed by atoms with Gasteiger partial charge in [0.25, 0.3) is 5.91 Å². The van der Waals surface area contributed by atoms with Crippen LogP contribution >= 0.6 is 12.4 Å². The zero-order chi connectivity index (χ0) is 14.7. The third-order valence-corrected chi connectivity index (χ3v) is 3.91. The molecule has 2 aromatic rings. The van der Waals surface area contributed by atoms with E-state index in [0.29, 0.717) is 6.54 Å². The lowest BCUT2D eigenvalue weighted by Crippen LogP contribution is -2.25. The number of nitrogens with one attached hydrogen (secondary N) is 2. The quantitative estimate of drug-likeness (QED) is 0.906. The van der Waals surface area contributed by atoms with E-state index >= 15 is 0 Å². The molecular weight excluding hydrogens is 296 g/mol. The Morgan fingerprint density at radius 2 is 1.95 bits per heavy atom. The molecule has 3 nitrogen and oxygen atoms in total. The fourth-order valence-corrected chi connectivity index (χ4v) is 2.71. The van der Waals surface area contributed by atoms with Crippen molar-refractivity contribution < 1.29 is 4.79 Å². The van der Waals surface area contributed by atoms with Gasteiger partial charge in [0.2, 0.25) is 0 Å². The molecule has 4 heteroatoms. The molecule has 2 aromatic carbocycles. The van der Waals surface area contributed by atoms with Gasteiger partial charge in [-0.3, -0.25) is 4.79 Å². The normalized spacial score (nSPS) is 12.6.